The minimum Gasteiger partial charge on any atom is -0.494 e. The van der Waals surface area contributed by atoms with Crippen molar-refractivity contribution >= 4 is 45.8 Å². The van der Waals surface area contributed by atoms with Crippen molar-refractivity contribution in [2.24, 2.45) is 0 Å². The summed E-state index contributed by atoms with van der Waals surface area (Å²) in [7, 11) is 0. The van der Waals surface area contributed by atoms with E-state index in [-0.39, 0.29) is 11.8 Å². The molecule has 1 aliphatic rings. The second kappa shape index (κ2) is 10.5. The van der Waals surface area contributed by atoms with E-state index in [9.17, 15) is 4.79 Å². The predicted molar refractivity (Wildman–Crippen MR) is 147 cm³/mol. The Bertz CT molecular complexity index is 1370. The molecule has 1 amide bonds. The molecule has 1 aliphatic heterocycles. The average molecular weight is 522 g/mol. The van der Waals surface area contributed by atoms with E-state index < -0.39 is 0 Å². The Balaban J connectivity index is 1.28. The number of amides is 1. The number of benzene rings is 3. The van der Waals surface area contributed by atoms with Crippen LogP contribution in [0, 0.1) is 13.8 Å². The summed E-state index contributed by atoms with van der Waals surface area (Å²) in [6, 6.07) is 19.6. The molecular formula is C29H29Cl2N3O2. The van der Waals surface area contributed by atoms with Crippen LogP contribution in [0.25, 0.3) is 11.0 Å². The van der Waals surface area contributed by atoms with Gasteiger partial charge in [0.2, 0.25) is 5.91 Å². The van der Waals surface area contributed by atoms with Gasteiger partial charge in [-0.25, -0.2) is 4.98 Å². The maximum atomic E-state index is 12.9. The first kappa shape index (κ1) is 24.7. The van der Waals surface area contributed by atoms with Crippen LogP contribution in [-0.4, -0.2) is 28.6 Å². The van der Waals surface area contributed by atoms with Crippen LogP contribution < -0.4 is 9.64 Å². The van der Waals surface area contributed by atoms with E-state index in [2.05, 4.69) is 10.6 Å². The third-order valence-corrected chi connectivity index (χ3v) is 7.62. The lowest BCUT2D eigenvalue weighted by molar-refractivity contribution is -0.117. The fraction of sp³-hybridized carbons (Fsp3) is 0.310. The second-order valence-corrected chi connectivity index (χ2v) is 10.2. The molecule has 4 aromatic rings. The number of carbonyl (C=O) groups excluding carboxylic acids is 1. The Morgan fingerprint density at radius 1 is 1.00 bits per heavy atom. The summed E-state index contributed by atoms with van der Waals surface area (Å²) < 4.78 is 8.29. The predicted octanol–water partition coefficient (Wildman–Crippen LogP) is 7.34. The topological polar surface area (TPSA) is 47.4 Å². The molecule has 2 heterocycles. The molecule has 36 heavy (non-hydrogen) atoms. The summed E-state index contributed by atoms with van der Waals surface area (Å²) in [5.74, 6) is 1.99. The molecule has 0 N–H and O–H groups in total. The van der Waals surface area contributed by atoms with E-state index in [1.54, 1.807) is 0 Å². The third-order valence-electron chi connectivity index (χ3n) is 6.77. The van der Waals surface area contributed by atoms with Crippen molar-refractivity contribution < 1.29 is 9.53 Å². The van der Waals surface area contributed by atoms with Crippen LogP contribution in [0.3, 0.4) is 0 Å². The number of hydrogen-bond donors (Lipinski definition) is 0. The van der Waals surface area contributed by atoms with Gasteiger partial charge in [-0.2, -0.15) is 0 Å². The van der Waals surface area contributed by atoms with Gasteiger partial charge in [-0.3, -0.25) is 4.79 Å². The molecular weight excluding hydrogens is 493 g/mol. The van der Waals surface area contributed by atoms with Crippen LogP contribution >= 0.6 is 23.2 Å². The molecule has 1 saturated heterocycles. The first-order valence-electron chi connectivity index (χ1n) is 12.3. The number of aromatic nitrogens is 2. The fourth-order valence-corrected chi connectivity index (χ4v) is 5.18. The van der Waals surface area contributed by atoms with Crippen LogP contribution in [0.2, 0.25) is 10.0 Å². The standard InChI is InChI=1S/C29H29Cl2N3O2/c1-19-15-24(16-20(2)28(19)31)36-14-6-5-13-33-26-8-4-3-7-25(26)32-29(33)21-17-27(35)34(18-21)23-11-9-22(30)10-12-23/h3-4,7-12,15-16,21H,5-6,13-14,17-18H2,1-2H3. The lowest BCUT2D eigenvalue weighted by atomic mass is 10.1. The number of para-hydroxylation sites is 2. The smallest absolute Gasteiger partial charge is 0.227 e. The van der Waals surface area contributed by atoms with Gasteiger partial charge < -0.3 is 14.2 Å². The van der Waals surface area contributed by atoms with Crippen molar-refractivity contribution in [3.05, 3.63) is 87.7 Å². The van der Waals surface area contributed by atoms with E-state index in [0.29, 0.717) is 24.6 Å². The minimum absolute atomic E-state index is 0.0387. The van der Waals surface area contributed by atoms with Crippen molar-refractivity contribution in [2.75, 3.05) is 18.1 Å². The zero-order valence-corrected chi connectivity index (χ0v) is 22.0. The van der Waals surface area contributed by atoms with Crippen molar-refractivity contribution in [1.29, 1.82) is 0 Å². The molecule has 7 heteroatoms. The van der Waals surface area contributed by atoms with Crippen molar-refractivity contribution in [2.45, 2.75) is 45.6 Å². The van der Waals surface area contributed by atoms with E-state index in [1.165, 1.54) is 0 Å². The Kier molecular flexibility index (Phi) is 7.22. The number of halogens is 2. The van der Waals surface area contributed by atoms with Gasteiger partial charge in [0.1, 0.15) is 11.6 Å². The van der Waals surface area contributed by atoms with Crippen molar-refractivity contribution in [3.8, 4) is 5.75 Å². The number of unbranched alkanes of at least 4 members (excludes halogenated alkanes) is 1. The highest BCUT2D eigenvalue weighted by atomic mass is 35.5. The lowest BCUT2D eigenvalue weighted by Gasteiger charge is -2.17. The lowest BCUT2D eigenvalue weighted by Crippen LogP contribution is -2.24. The largest absolute Gasteiger partial charge is 0.494 e. The fourth-order valence-electron chi connectivity index (χ4n) is 4.94. The highest BCUT2D eigenvalue weighted by molar-refractivity contribution is 6.32. The van der Waals surface area contributed by atoms with Gasteiger partial charge in [-0.15, -0.1) is 0 Å². The molecule has 3 aromatic carbocycles. The van der Waals surface area contributed by atoms with E-state index in [0.717, 1.165) is 63.8 Å². The number of nitrogens with zero attached hydrogens (tertiary/aromatic N) is 3. The van der Waals surface area contributed by atoms with Gasteiger partial charge in [-0.1, -0.05) is 35.3 Å². The first-order chi connectivity index (χ1) is 17.4. The van der Waals surface area contributed by atoms with Crippen LogP contribution in [-0.2, 0) is 11.3 Å². The van der Waals surface area contributed by atoms with E-state index in [4.69, 9.17) is 32.9 Å². The van der Waals surface area contributed by atoms with Crippen molar-refractivity contribution in [1.82, 2.24) is 9.55 Å². The molecule has 1 aromatic heterocycles. The number of anilines is 1. The SMILES string of the molecule is Cc1cc(OCCCCn2c(C3CC(=O)N(c4ccc(Cl)cc4)C3)nc3ccccc32)cc(C)c1Cl. The summed E-state index contributed by atoms with van der Waals surface area (Å²) >= 11 is 12.3. The monoisotopic (exact) mass is 521 g/mol. The average Bonchev–Trinajstić information content (AvgIpc) is 3.43. The summed E-state index contributed by atoms with van der Waals surface area (Å²) in [4.78, 5) is 19.7. The van der Waals surface area contributed by atoms with Crippen LogP contribution in [0.5, 0.6) is 5.75 Å². The van der Waals surface area contributed by atoms with Crippen LogP contribution in [0.4, 0.5) is 5.69 Å². The first-order valence-corrected chi connectivity index (χ1v) is 13.1. The molecule has 186 valence electrons. The number of rotatable bonds is 8. The number of carbonyl (C=O) groups is 1. The molecule has 0 saturated carbocycles. The molecule has 1 fully saturated rings. The number of ether oxygens (including phenoxy) is 1. The number of fused-ring (bicyclic) bond motifs is 1. The minimum atomic E-state index is 0.0387. The van der Waals surface area contributed by atoms with Gasteiger partial charge in [-0.05, 0) is 86.3 Å². The Morgan fingerprint density at radius 3 is 2.47 bits per heavy atom. The summed E-state index contributed by atoms with van der Waals surface area (Å²) in [5.41, 5.74) is 5.00. The molecule has 0 radical (unpaired) electrons. The van der Waals surface area contributed by atoms with Gasteiger partial charge in [0.25, 0.3) is 0 Å². The summed E-state index contributed by atoms with van der Waals surface area (Å²) in [5, 5.41) is 1.45. The molecule has 5 rings (SSSR count). The Hall–Kier alpha value is -3.02. The Morgan fingerprint density at radius 2 is 1.72 bits per heavy atom. The second-order valence-electron chi connectivity index (χ2n) is 9.42. The van der Waals surface area contributed by atoms with Crippen LogP contribution in [0.1, 0.15) is 42.1 Å². The number of hydrogen-bond acceptors (Lipinski definition) is 3. The maximum absolute atomic E-state index is 12.9. The number of imidazole rings is 1. The molecule has 0 spiro atoms. The molecule has 5 nitrogen and oxygen atoms in total. The highest BCUT2D eigenvalue weighted by Gasteiger charge is 2.34. The molecule has 1 unspecified atom stereocenters. The number of aryl methyl sites for hydroxylation is 3. The maximum Gasteiger partial charge on any atom is 0.227 e. The molecule has 1 atom stereocenters. The summed E-state index contributed by atoms with van der Waals surface area (Å²) in [6.45, 7) is 6.06. The zero-order valence-electron chi connectivity index (χ0n) is 20.5. The zero-order chi connectivity index (χ0) is 25.2. The van der Waals surface area contributed by atoms with Crippen LogP contribution in [0.15, 0.2) is 60.7 Å². The van der Waals surface area contributed by atoms with Crippen molar-refractivity contribution in [3.63, 3.8) is 0 Å². The molecule has 0 bridgehead atoms. The van der Waals surface area contributed by atoms with Gasteiger partial charge >= 0.3 is 0 Å². The molecule has 0 aliphatic carbocycles. The normalized spacial score (nSPS) is 15.7. The third kappa shape index (κ3) is 5.09. The highest BCUT2D eigenvalue weighted by Crippen LogP contribution is 2.34. The van der Waals surface area contributed by atoms with Gasteiger partial charge in [0.15, 0.2) is 0 Å². The quantitative estimate of drug-likeness (QED) is 0.228. The van der Waals surface area contributed by atoms with Gasteiger partial charge in [0, 0.05) is 41.2 Å². The Labute approximate surface area is 221 Å². The van der Waals surface area contributed by atoms with E-state index >= 15 is 0 Å². The summed E-state index contributed by atoms with van der Waals surface area (Å²) in [6.07, 6.45) is 2.30. The van der Waals surface area contributed by atoms with E-state index in [1.807, 2.05) is 73.3 Å². The van der Waals surface area contributed by atoms with Gasteiger partial charge in [0.05, 0.1) is 17.6 Å².